The molecule has 0 aliphatic heterocycles. The third kappa shape index (κ3) is 4.64. The SMILES string of the molecule is C[C@H](OC(=O)CO[Si](c1ccccc1)(c1ccccc1)C(C)(C)C)C(=O)O. The Kier molecular flexibility index (Phi) is 6.57. The van der Waals surface area contributed by atoms with Gasteiger partial charge in [0, 0.05) is 0 Å². The highest BCUT2D eigenvalue weighted by Crippen LogP contribution is 2.36. The van der Waals surface area contributed by atoms with Gasteiger partial charge in [-0.05, 0) is 22.3 Å². The van der Waals surface area contributed by atoms with Gasteiger partial charge in [-0.15, -0.1) is 0 Å². The van der Waals surface area contributed by atoms with Crippen LogP contribution in [-0.4, -0.2) is 38.1 Å². The largest absolute Gasteiger partial charge is 0.479 e. The van der Waals surface area contributed by atoms with Crippen LogP contribution in [-0.2, 0) is 18.8 Å². The average molecular weight is 387 g/mol. The van der Waals surface area contributed by atoms with Gasteiger partial charge in [0.15, 0.2) is 6.10 Å². The third-order valence-electron chi connectivity index (χ3n) is 4.48. The van der Waals surface area contributed by atoms with E-state index in [1.54, 1.807) is 0 Å². The maximum Gasteiger partial charge on any atom is 0.344 e. The zero-order chi connectivity index (χ0) is 20.1. The number of carboxylic acid groups (broad SMARTS) is 1. The van der Waals surface area contributed by atoms with Crippen LogP contribution >= 0.6 is 0 Å². The first-order valence-corrected chi connectivity index (χ1v) is 10.8. The number of aliphatic carboxylic acids is 1. The molecular weight excluding hydrogens is 360 g/mol. The van der Waals surface area contributed by atoms with Crippen molar-refractivity contribution < 1.29 is 23.9 Å². The maximum absolute atomic E-state index is 12.2. The number of rotatable bonds is 7. The van der Waals surface area contributed by atoms with Crippen LogP contribution in [0.1, 0.15) is 27.7 Å². The predicted molar refractivity (Wildman–Crippen MR) is 107 cm³/mol. The smallest absolute Gasteiger partial charge is 0.344 e. The van der Waals surface area contributed by atoms with E-state index < -0.39 is 26.4 Å². The average Bonchev–Trinajstić information content (AvgIpc) is 2.62. The van der Waals surface area contributed by atoms with E-state index in [2.05, 4.69) is 20.8 Å². The fraction of sp³-hybridized carbons (Fsp3) is 0.333. The Hall–Kier alpha value is -2.44. The molecule has 0 unspecified atom stereocenters. The van der Waals surface area contributed by atoms with Gasteiger partial charge in [-0.2, -0.15) is 0 Å². The molecule has 2 aromatic rings. The molecule has 1 N–H and O–H groups in total. The van der Waals surface area contributed by atoms with Gasteiger partial charge in [-0.3, -0.25) is 0 Å². The molecule has 1 atom stereocenters. The molecule has 2 rings (SSSR count). The minimum absolute atomic E-state index is 0.269. The predicted octanol–water partition coefficient (Wildman–Crippen LogP) is 2.58. The lowest BCUT2D eigenvalue weighted by molar-refractivity contribution is -0.164. The number of carbonyl (C=O) groups excluding carboxylic acids is 1. The number of carboxylic acids is 1. The van der Waals surface area contributed by atoms with Gasteiger partial charge in [0.1, 0.15) is 6.61 Å². The second-order valence-corrected chi connectivity index (χ2v) is 11.7. The summed E-state index contributed by atoms with van der Waals surface area (Å²) in [7, 11) is -2.84. The molecule has 0 heterocycles. The van der Waals surface area contributed by atoms with Crippen molar-refractivity contribution in [3.63, 3.8) is 0 Å². The van der Waals surface area contributed by atoms with Crippen molar-refractivity contribution in [2.75, 3.05) is 6.61 Å². The van der Waals surface area contributed by atoms with Crippen LogP contribution in [0.4, 0.5) is 0 Å². The van der Waals surface area contributed by atoms with Gasteiger partial charge in [-0.25, -0.2) is 9.59 Å². The highest BCUT2D eigenvalue weighted by Gasteiger charge is 2.50. The summed E-state index contributed by atoms with van der Waals surface area (Å²) in [6.07, 6.45) is -1.21. The first kappa shape index (κ1) is 20.9. The Balaban J connectivity index is 2.44. The quantitative estimate of drug-likeness (QED) is 0.585. The summed E-state index contributed by atoms with van der Waals surface area (Å²) < 4.78 is 11.3. The third-order valence-corrected chi connectivity index (χ3v) is 9.46. The van der Waals surface area contributed by atoms with Crippen molar-refractivity contribution in [2.45, 2.75) is 38.8 Å². The minimum atomic E-state index is -2.84. The van der Waals surface area contributed by atoms with E-state index in [0.717, 1.165) is 10.4 Å². The van der Waals surface area contributed by atoms with Gasteiger partial charge < -0.3 is 14.3 Å². The van der Waals surface area contributed by atoms with Crippen molar-refractivity contribution in [1.29, 1.82) is 0 Å². The van der Waals surface area contributed by atoms with Crippen LogP contribution in [0.25, 0.3) is 0 Å². The highest BCUT2D eigenvalue weighted by molar-refractivity contribution is 6.99. The Morgan fingerprint density at radius 2 is 1.41 bits per heavy atom. The normalized spacial score (nSPS) is 13.0. The summed E-state index contributed by atoms with van der Waals surface area (Å²) >= 11 is 0. The zero-order valence-electron chi connectivity index (χ0n) is 16.1. The van der Waals surface area contributed by atoms with E-state index in [1.807, 2.05) is 60.7 Å². The monoisotopic (exact) mass is 386 g/mol. The molecule has 144 valence electrons. The van der Waals surface area contributed by atoms with Gasteiger partial charge in [0.2, 0.25) is 0 Å². The zero-order valence-corrected chi connectivity index (χ0v) is 17.1. The number of carbonyl (C=O) groups is 2. The molecule has 0 amide bonds. The van der Waals surface area contributed by atoms with Gasteiger partial charge in [0.25, 0.3) is 8.32 Å². The van der Waals surface area contributed by atoms with E-state index in [0.29, 0.717) is 0 Å². The molecular formula is C21H26O5Si. The lowest BCUT2D eigenvalue weighted by atomic mass is 10.2. The summed E-state index contributed by atoms with van der Waals surface area (Å²) in [6, 6.07) is 19.8. The van der Waals surface area contributed by atoms with Crippen LogP contribution in [0.5, 0.6) is 0 Å². The van der Waals surface area contributed by atoms with Crippen molar-refractivity contribution in [2.24, 2.45) is 0 Å². The van der Waals surface area contributed by atoms with Gasteiger partial charge in [-0.1, -0.05) is 81.4 Å². The maximum atomic E-state index is 12.2. The molecule has 0 saturated carbocycles. The van der Waals surface area contributed by atoms with Crippen molar-refractivity contribution in [3.8, 4) is 0 Å². The number of hydrogen-bond donors (Lipinski definition) is 1. The number of hydrogen-bond acceptors (Lipinski definition) is 4. The highest BCUT2D eigenvalue weighted by atomic mass is 28.4. The first-order chi connectivity index (χ1) is 12.7. The molecule has 2 aromatic carbocycles. The minimum Gasteiger partial charge on any atom is -0.479 e. The summed E-state index contributed by atoms with van der Waals surface area (Å²) in [5.41, 5.74) is 0. The van der Waals surface area contributed by atoms with Crippen LogP contribution in [0.2, 0.25) is 5.04 Å². The Morgan fingerprint density at radius 3 is 1.78 bits per heavy atom. The molecule has 0 spiro atoms. The van der Waals surface area contributed by atoms with Crippen molar-refractivity contribution in [3.05, 3.63) is 60.7 Å². The number of benzene rings is 2. The lowest BCUT2D eigenvalue weighted by Crippen LogP contribution is -2.67. The van der Waals surface area contributed by atoms with E-state index in [1.165, 1.54) is 6.92 Å². The van der Waals surface area contributed by atoms with Gasteiger partial charge in [0.05, 0.1) is 0 Å². The Morgan fingerprint density at radius 1 is 0.963 bits per heavy atom. The van der Waals surface area contributed by atoms with E-state index in [4.69, 9.17) is 14.3 Å². The second-order valence-electron chi connectivity index (χ2n) is 7.42. The number of ether oxygens (including phenoxy) is 1. The summed E-state index contributed by atoms with van der Waals surface area (Å²) in [5, 5.41) is 10.8. The standard InChI is InChI=1S/C21H26O5Si/c1-16(20(23)24)26-19(22)15-25-27(21(2,3)4,17-11-7-5-8-12-17)18-13-9-6-10-14-18/h5-14,16H,15H2,1-4H3,(H,23,24)/t16-/m0/s1. The van der Waals surface area contributed by atoms with Crippen LogP contribution in [0.3, 0.4) is 0 Å². The van der Waals surface area contributed by atoms with Crippen molar-refractivity contribution in [1.82, 2.24) is 0 Å². The van der Waals surface area contributed by atoms with E-state index >= 15 is 0 Å². The van der Waals surface area contributed by atoms with Crippen LogP contribution in [0, 0.1) is 0 Å². The van der Waals surface area contributed by atoms with E-state index in [-0.39, 0.29) is 11.6 Å². The summed E-state index contributed by atoms with van der Waals surface area (Å²) in [5.74, 6) is -1.87. The fourth-order valence-electron chi connectivity index (χ4n) is 3.21. The Labute approximate surface area is 161 Å². The molecule has 0 bridgehead atoms. The summed E-state index contributed by atoms with van der Waals surface area (Å²) in [4.78, 5) is 23.1. The molecule has 0 aromatic heterocycles. The number of esters is 1. The molecule has 6 heteroatoms. The molecule has 0 saturated heterocycles. The van der Waals surface area contributed by atoms with Crippen LogP contribution in [0.15, 0.2) is 60.7 Å². The molecule has 0 radical (unpaired) electrons. The lowest BCUT2D eigenvalue weighted by Gasteiger charge is -2.42. The molecule has 0 fully saturated rings. The molecule has 5 nitrogen and oxygen atoms in total. The molecule has 0 aliphatic carbocycles. The van der Waals surface area contributed by atoms with Gasteiger partial charge >= 0.3 is 11.9 Å². The molecule has 0 aliphatic rings. The fourth-order valence-corrected chi connectivity index (χ4v) is 7.70. The first-order valence-electron chi connectivity index (χ1n) is 8.86. The topological polar surface area (TPSA) is 72.8 Å². The molecule has 27 heavy (non-hydrogen) atoms. The van der Waals surface area contributed by atoms with Crippen molar-refractivity contribution >= 4 is 30.6 Å². The summed E-state index contributed by atoms with van der Waals surface area (Å²) in [6.45, 7) is 7.33. The second kappa shape index (κ2) is 8.50. The Bertz CT molecular complexity index is 729. The van der Waals surface area contributed by atoms with Crippen LogP contribution < -0.4 is 10.4 Å². The van der Waals surface area contributed by atoms with E-state index in [9.17, 15) is 9.59 Å².